The number of rotatable bonds is 7. The molecule has 5 nitrogen and oxygen atoms in total. The number of carbonyl (C=O) groups is 2. The Hall–Kier alpha value is -1.26. The van der Waals surface area contributed by atoms with E-state index in [1.165, 1.54) is 12.8 Å². The van der Waals surface area contributed by atoms with Gasteiger partial charge in [-0.3, -0.25) is 4.79 Å². The number of hydrogen-bond acceptors (Lipinski definition) is 2. The van der Waals surface area contributed by atoms with Crippen molar-refractivity contribution in [3.63, 3.8) is 0 Å². The zero-order valence-electron chi connectivity index (χ0n) is 12.2. The summed E-state index contributed by atoms with van der Waals surface area (Å²) in [4.78, 5) is 23.2. The highest BCUT2D eigenvalue weighted by atomic mass is 16.4. The standard InChI is InChI=1S/C15H26N2O3/c1-2-3-4-5-8-16-15(20)17-13-11-7-6-10(9-11)12(13)14(18)19/h10-13H,2-9H2,1H3,(H,18,19)(H2,16,17,20). The topological polar surface area (TPSA) is 78.4 Å². The molecule has 114 valence electrons. The second kappa shape index (κ2) is 6.95. The number of hydrogen-bond donors (Lipinski definition) is 3. The zero-order chi connectivity index (χ0) is 14.5. The lowest BCUT2D eigenvalue weighted by Gasteiger charge is -2.28. The van der Waals surface area contributed by atoms with E-state index < -0.39 is 5.97 Å². The van der Waals surface area contributed by atoms with Gasteiger partial charge in [-0.15, -0.1) is 0 Å². The van der Waals surface area contributed by atoms with E-state index in [9.17, 15) is 14.7 Å². The number of nitrogens with one attached hydrogen (secondary N) is 2. The van der Waals surface area contributed by atoms with Gasteiger partial charge in [0.25, 0.3) is 0 Å². The Bertz CT molecular complexity index is 359. The van der Waals surface area contributed by atoms with Crippen molar-refractivity contribution in [2.45, 2.75) is 57.9 Å². The molecule has 2 amide bonds. The summed E-state index contributed by atoms with van der Waals surface area (Å²) in [5.41, 5.74) is 0. The van der Waals surface area contributed by atoms with E-state index in [-0.39, 0.29) is 23.9 Å². The lowest BCUT2D eigenvalue weighted by Crippen LogP contribution is -2.50. The quantitative estimate of drug-likeness (QED) is 0.627. The Morgan fingerprint density at radius 1 is 1.15 bits per heavy atom. The van der Waals surface area contributed by atoms with Crippen molar-refractivity contribution >= 4 is 12.0 Å². The number of urea groups is 1. The third kappa shape index (κ3) is 3.44. The first-order valence-electron chi connectivity index (χ1n) is 7.90. The maximum Gasteiger partial charge on any atom is 0.315 e. The average Bonchev–Trinajstić information content (AvgIpc) is 2.99. The molecule has 20 heavy (non-hydrogen) atoms. The van der Waals surface area contributed by atoms with Crippen molar-refractivity contribution in [2.24, 2.45) is 17.8 Å². The van der Waals surface area contributed by atoms with Crippen LogP contribution in [0.25, 0.3) is 0 Å². The van der Waals surface area contributed by atoms with Gasteiger partial charge in [-0.1, -0.05) is 26.2 Å². The molecule has 2 fully saturated rings. The summed E-state index contributed by atoms with van der Waals surface area (Å²) in [6.07, 6.45) is 7.49. The molecule has 4 unspecified atom stereocenters. The van der Waals surface area contributed by atoms with Crippen molar-refractivity contribution in [1.29, 1.82) is 0 Å². The van der Waals surface area contributed by atoms with Gasteiger partial charge >= 0.3 is 12.0 Å². The summed E-state index contributed by atoms with van der Waals surface area (Å²) in [5, 5.41) is 15.1. The fourth-order valence-electron chi connectivity index (χ4n) is 3.81. The van der Waals surface area contributed by atoms with Crippen molar-refractivity contribution in [2.75, 3.05) is 6.54 Å². The number of carboxylic acids is 1. The largest absolute Gasteiger partial charge is 0.481 e. The molecule has 2 bridgehead atoms. The number of fused-ring (bicyclic) bond motifs is 2. The van der Waals surface area contributed by atoms with Crippen molar-refractivity contribution in [1.82, 2.24) is 10.6 Å². The molecule has 0 radical (unpaired) electrons. The Kier molecular flexibility index (Phi) is 5.26. The van der Waals surface area contributed by atoms with E-state index in [1.807, 2.05) is 0 Å². The molecule has 0 heterocycles. The van der Waals surface area contributed by atoms with E-state index >= 15 is 0 Å². The number of carboxylic acid groups (broad SMARTS) is 1. The molecule has 2 aliphatic rings. The number of amides is 2. The lowest BCUT2D eigenvalue weighted by molar-refractivity contribution is -0.144. The zero-order valence-corrected chi connectivity index (χ0v) is 12.2. The Balaban J connectivity index is 1.74. The molecule has 0 aromatic rings. The predicted molar refractivity (Wildman–Crippen MR) is 76.4 cm³/mol. The van der Waals surface area contributed by atoms with Crippen LogP contribution in [0.4, 0.5) is 4.79 Å². The SMILES string of the molecule is CCCCCCNC(=O)NC1C2CCC(C2)C1C(=O)O. The number of carbonyl (C=O) groups excluding carboxylic acids is 1. The molecule has 0 aromatic carbocycles. The molecule has 3 N–H and O–H groups in total. The third-order valence-electron chi connectivity index (χ3n) is 4.82. The van der Waals surface area contributed by atoms with Crippen LogP contribution in [0.2, 0.25) is 0 Å². The third-order valence-corrected chi connectivity index (χ3v) is 4.82. The van der Waals surface area contributed by atoms with Gasteiger partial charge < -0.3 is 15.7 Å². The van der Waals surface area contributed by atoms with Gasteiger partial charge in [-0.25, -0.2) is 4.79 Å². The fraction of sp³-hybridized carbons (Fsp3) is 0.867. The first kappa shape index (κ1) is 15.1. The number of aliphatic carboxylic acids is 1. The fourth-order valence-corrected chi connectivity index (χ4v) is 3.81. The van der Waals surface area contributed by atoms with Gasteiger partial charge in [-0.2, -0.15) is 0 Å². The lowest BCUT2D eigenvalue weighted by atomic mass is 9.84. The highest BCUT2D eigenvalue weighted by Gasteiger charge is 2.51. The maximum atomic E-state index is 11.9. The van der Waals surface area contributed by atoms with Crippen LogP contribution in [0.15, 0.2) is 0 Å². The van der Waals surface area contributed by atoms with Crippen molar-refractivity contribution < 1.29 is 14.7 Å². The second-order valence-corrected chi connectivity index (χ2v) is 6.18. The van der Waals surface area contributed by atoms with Gasteiger partial charge in [0.15, 0.2) is 0 Å². The molecule has 2 aliphatic carbocycles. The predicted octanol–water partition coefficient (Wildman–Crippen LogP) is 2.37. The van der Waals surface area contributed by atoms with Crippen LogP contribution in [0, 0.1) is 17.8 Å². The molecular formula is C15H26N2O3. The molecule has 5 heteroatoms. The van der Waals surface area contributed by atoms with E-state index in [1.54, 1.807) is 0 Å². The minimum Gasteiger partial charge on any atom is -0.481 e. The Morgan fingerprint density at radius 2 is 1.90 bits per heavy atom. The second-order valence-electron chi connectivity index (χ2n) is 6.18. The van der Waals surface area contributed by atoms with E-state index in [0.717, 1.165) is 32.1 Å². The van der Waals surface area contributed by atoms with E-state index in [2.05, 4.69) is 17.6 Å². The minimum absolute atomic E-state index is 0.179. The van der Waals surface area contributed by atoms with Crippen LogP contribution in [0.1, 0.15) is 51.9 Å². The van der Waals surface area contributed by atoms with Crippen LogP contribution >= 0.6 is 0 Å². The highest BCUT2D eigenvalue weighted by Crippen LogP contribution is 2.48. The van der Waals surface area contributed by atoms with Gasteiger partial charge in [0.2, 0.25) is 0 Å². The van der Waals surface area contributed by atoms with Gasteiger partial charge in [-0.05, 0) is 37.5 Å². The van der Waals surface area contributed by atoms with Crippen LogP contribution in [0.5, 0.6) is 0 Å². The van der Waals surface area contributed by atoms with Crippen LogP contribution in [-0.2, 0) is 4.79 Å². The summed E-state index contributed by atoms with van der Waals surface area (Å²) >= 11 is 0. The summed E-state index contributed by atoms with van der Waals surface area (Å²) in [5.74, 6) is -0.538. The molecule has 2 saturated carbocycles. The summed E-state index contributed by atoms with van der Waals surface area (Å²) in [6, 6.07) is -0.382. The van der Waals surface area contributed by atoms with Gasteiger partial charge in [0, 0.05) is 12.6 Å². The summed E-state index contributed by atoms with van der Waals surface area (Å²) < 4.78 is 0. The molecule has 0 aromatic heterocycles. The van der Waals surface area contributed by atoms with Crippen LogP contribution < -0.4 is 10.6 Å². The molecule has 0 saturated heterocycles. The van der Waals surface area contributed by atoms with E-state index in [0.29, 0.717) is 12.5 Å². The van der Waals surface area contributed by atoms with Gasteiger partial charge in [0.1, 0.15) is 0 Å². The molecule has 4 atom stereocenters. The highest BCUT2D eigenvalue weighted by molar-refractivity contribution is 5.77. The first-order valence-corrected chi connectivity index (χ1v) is 7.90. The molecule has 0 spiro atoms. The molecule has 2 rings (SSSR count). The van der Waals surface area contributed by atoms with Crippen LogP contribution in [0.3, 0.4) is 0 Å². The molecular weight excluding hydrogens is 256 g/mol. The minimum atomic E-state index is -0.759. The van der Waals surface area contributed by atoms with Crippen molar-refractivity contribution in [3.05, 3.63) is 0 Å². The Morgan fingerprint density at radius 3 is 2.60 bits per heavy atom. The summed E-state index contributed by atoms with van der Waals surface area (Å²) in [7, 11) is 0. The normalized spacial score (nSPS) is 31.2. The molecule has 0 aliphatic heterocycles. The van der Waals surface area contributed by atoms with Crippen LogP contribution in [-0.4, -0.2) is 29.7 Å². The number of unbranched alkanes of at least 4 members (excludes halogenated alkanes) is 3. The van der Waals surface area contributed by atoms with E-state index in [4.69, 9.17) is 0 Å². The Labute approximate surface area is 120 Å². The average molecular weight is 282 g/mol. The summed E-state index contributed by atoms with van der Waals surface area (Å²) in [6.45, 7) is 2.83. The maximum absolute atomic E-state index is 11.9. The van der Waals surface area contributed by atoms with Crippen molar-refractivity contribution in [3.8, 4) is 0 Å². The smallest absolute Gasteiger partial charge is 0.315 e. The van der Waals surface area contributed by atoms with Gasteiger partial charge in [0.05, 0.1) is 5.92 Å². The first-order chi connectivity index (χ1) is 9.63. The monoisotopic (exact) mass is 282 g/mol.